The number of rotatable bonds is 7. The van der Waals surface area contributed by atoms with Gasteiger partial charge in [-0.15, -0.1) is 0 Å². The Morgan fingerprint density at radius 2 is 2.00 bits per heavy atom. The number of carbonyl (C=O) groups excluding carboxylic acids is 1. The highest BCUT2D eigenvalue weighted by Crippen LogP contribution is 2.38. The number of methoxy groups -OCH3 is 1. The van der Waals surface area contributed by atoms with Gasteiger partial charge in [0.2, 0.25) is 5.91 Å². The number of ether oxygens (including phenoxy) is 1. The molecular formula is C13H23NO5. The Labute approximate surface area is 113 Å². The molecule has 3 N–H and O–H groups in total. The van der Waals surface area contributed by atoms with Crippen LogP contribution in [0, 0.1) is 17.8 Å². The Morgan fingerprint density at radius 3 is 2.53 bits per heavy atom. The van der Waals surface area contributed by atoms with E-state index >= 15 is 0 Å². The fourth-order valence-electron chi connectivity index (χ4n) is 2.64. The van der Waals surface area contributed by atoms with Gasteiger partial charge >= 0.3 is 5.97 Å². The van der Waals surface area contributed by atoms with Gasteiger partial charge in [0.1, 0.15) is 0 Å². The Kier molecular flexibility index (Phi) is 6.24. The third-order valence-corrected chi connectivity index (χ3v) is 3.76. The standard InChI is InChI=1S/C13H23NO5/c1-3-8-4-10(11(5-8)13(17)18)12(16)14-6-9(15)7-19-2/h8-11,15H,3-7H2,1-2H3,(H,14,16)(H,17,18). The van der Waals surface area contributed by atoms with Crippen LogP contribution in [-0.4, -0.2) is 48.5 Å². The Bertz CT molecular complexity index is 320. The molecule has 0 radical (unpaired) electrons. The van der Waals surface area contributed by atoms with E-state index < -0.39 is 23.9 Å². The topological polar surface area (TPSA) is 95.9 Å². The van der Waals surface area contributed by atoms with Crippen LogP contribution in [0.4, 0.5) is 0 Å². The minimum Gasteiger partial charge on any atom is -0.481 e. The molecule has 110 valence electrons. The molecule has 1 fully saturated rings. The number of carboxylic acid groups (broad SMARTS) is 1. The molecule has 6 heteroatoms. The van der Waals surface area contributed by atoms with E-state index in [0.29, 0.717) is 18.8 Å². The SMILES string of the molecule is CCC1CC(C(=O)O)C(C(=O)NCC(O)COC)C1. The second-order valence-corrected chi connectivity index (χ2v) is 5.15. The van der Waals surface area contributed by atoms with Crippen LogP contribution < -0.4 is 5.32 Å². The quantitative estimate of drug-likeness (QED) is 0.618. The molecule has 0 spiro atoms. The molecule has 4 atom stereocenters. The number of aliphatic carboxylic acids is 1. The summed E-state index contributed by atoms with van der Waals surface area (Å²) >= 11 is 0. The van der Waals surface area contributed by atoms with E-state index in [1.54, 1.807) is 0 Å². The van der Waals surface area contributed by atoms with E-state index in [0.717, 1.165) is 6.42 Å². The summed E-state index contributed by atoms with van der Waals surface area (Å²) in [7, 11) is 1.47. The highest BCUT2D eigenvalue weighted by molar-refractivity contribution is 5.85. The number of hydrogen-bond acceptors (Lipinski definition) is 4. The van der Waals surface area contributed by atoms with Gasteiger partial charge in [-0.1, -0.05) is 13.3 Å². The van der Waals surface area contributed by atoms with E-state index in [1.165, 1.54) is 7.11 Å². The number of carbonyl (C=O) groups is 2. The molecule has 1 aliphatic rings. The maximum Gasteiger partial charge on any atom is 0.307 e. The number of nitrogens with one attached hydrogen (secondary N) is 1. The average Bonchev–Trinajstić information content (AvgIpc) is 2.80. The molecule has 0 bridgehead atoms. The Morgan fingerprint density at radius 1 is 1.37 bits per heavy atom. The first kappa shape index (κ1) is 15.9. The van der Waals surface area contributed by atoms with Gasteiger partial charge in [0, 0.05) is 13.7 Å². The largest absolute Gasteiger partial charge is 0.481 e. The molecule has 1 aliphatic carbocycles. The normalized spacial score (nSPS) is 28.1. The maximum atomic E-state index is 12.0. The van der Waals surface area contributed by atoms with Crippen LogP contribution in [0.5, 0.6) is 0 Å². The smallest absolute Gasteiger partial charge is 0.307 e. The predicted octanol–water partition coefficient (Wildman–Crippen LogP) is 0.247. The lowest BCUT2D eigenvalue weighted by Crippen LogP contribution is -2.40. The highest BCUT2D eigenvalue weighted by Gasteiger charge is 2.42. The van der Waals surface area contributed by atoms with Crippen molar-refractivity contribution in [1.29, 1.82) is 0 Å². The van der Waals surface area contributed by atoms with Crippen LogP contribution in [0.3, 0.4) is 0 Å². The predicted molar refractivity (Wildman–Crippen MR) is 68.5 cm³/mol. The van der Waals surface area contributed by atoms with Gasteiger partial charge in [0.25, 0.3) is 0 Å². The zero-order valence-electron chi connectivity index (χ0n) is 11.5. The fourth-order valence-corrected chi connectivity index (χ4v) is 2.64. The van der Waals surface area contributed by atoms with Crippen molar-refractivity contribution in [2.45, 2.75) is 32.3 Å². The zero-order chi connectivity index (χ0) is 14.4. The van der Waals surface area contributed by atoms with Crippen LogP contribution in [0.15, 0.2) is 0 Å². The van der Waals surface area contributed by atoms with Crippen molar-refractivity contribution in [3.05, 3.63) is 0 Å². The third kappa shape index (κ3) is 4.47. The Hall–Kier alpha value is -1.14. The van der Waals surface area contributed by atoms with Gasteiger partial charge in [-0.3, -0.25) is 9.59 Å². The van der Waals surface area contributed by atoms with Gasteiger partial charge in [-0.25, -0.2) is 0 Å². The average molecular weight is 273 g/mol. The molecule has 0 aromatic rings. The van der Waals surface area contributed by atoms with Gasteiger partial charge in [0.15, 0.2) is 0 Å². The number of carboxylic acids is 1. The van der Waals surface area contributed by atoms with E-state index in [9.17, 15) is 14.7 Å². The van der Waals surface area contributed by atoms with Crippen LogP contribution in [0.1, 0.15) is 26.2 Å². The molecule has 4 unspecified atom stereocenters. The van der Waals surface area contributed by atoms with Crippen molar-refractivity contribution in [1.82, 2.24) is 5.32 Å². The lowest BCUT2D eigenvalue weighted by Gasteiger charge is -2.17. The summed E-state index contributed by atoms with van der Waals surface area (Å²) in [6.45, 7) is 2.24. The molecule has 0 aromatic heterocycles. The maximum absolute atomic E-state index is 12.0. The van der Waals surface area contributed by atoms with Crippen molar-refractivity contribution in [2.24, 2.45) is 17.8 Å². The van der Waals surface area contributed by atoms with Gasteiger partial charge in [-0.2, -0.15) is 0 Å². The minimum atomic E-state index is -0.909. The van der Waals surface area contributed by atoms with Crippen molar-refractivity contribution in [3.63, 3.8) is 0 Å². The first-order valence-electron chi connectivity index (χ1n) is 6.67. The summed E-state index contributed by atoms with van der Waals surface area (Å²) in [5.74, 6) is -1.99. The lowest BCUT2D eigenvalue weighted by atomic mass is 9.95. The van der Waals surface area contributed by atoms with E-state index in [2.05, 4.69) is 5.32 Å². The number of aliphatic hydroxyl groups excluding tert-OH is 1. The van der Waals surface area contributed by atoms with Gasteiger partial charge in [0.05, 0.1) is 24.5 Å². The molecule has 1 amide bonds. The van der Waals surface area contributed by atoms with Crippen molar-refractivity contribution < 1.29 is 24.5 Å². The zero-order valence-corrected chi connectivity index (χ0v) is 11.5. The molecule has 0 saturated heterocycles. The molecule has 19 heavy (non-hydrogen) atoms. The van der Waals surface area contributed by atoms with E-state index in [4.69, 9.17) is 9.84 Å². The molecular weight excluding hydrogens is 250 g/mol. The van der Waals surface area contributed by atoms with E-state index in [-0.39, 0.29) is 19.1 Å². The van der Waals surface area contributed by atoms with Crippen molar-refractivity contribution >= 4 is 11.9 Å². The van der Waals surface area contributed by atoms with Gasteiger partial charge < -0.3 is 20.3 Å². The summed E-state index contributed by atoms with van der Waals surface area (Å²) in [4.78, 5) is 23.2. The number of aliphatic hydroxyl groups is 1. The van der Waals surface area contributed by atoms with Crippen LogP contribution >= 0.6 is 0 Å². The molecule has 0 aromatic carbocycles. The molecule has 1 rings (SSSR count). The van der Waals surface area contributed by atoms with E-state index in [1.807, 2.05) is 6.92 Å². The second-order valence-electron chi connectivity index (χ2n) is 5.15. The summed E-state index contributed by atoms with van der Waals surface area (Å²) in [5.41, 5.74) is 0. The van der Waals surface area contributed by atoms with Crippen molar-refractivity contribution in [2.75, 3.05) is 20.3 Å². The molecule has 1 saturated carbocycles. The highest BCUT2D eigenvalue weighted by atomic mass is 16.5. The minimum absolute atomic E-state index is 0.0896. The molecule has 6 nitrogen and oxygen atoms in total. The molecule has 0 heterocycles. The first-order valence-corrected chi connectivity index (χ1v) is 6.67. The van der Waals surface area contributed by atoms with Crippen LogP contribution in [-0.2, 0) is 14.3 Å². The molecule has 0 aliphatic heterocycles. The summed E-state index contributed by atoms with van der Waals surface area (Å²) < 4.78 is 4.76. The lowest BCUT2D eigenvalue weighted by molar-refractivity contribution is -0.146. The monoisotopic (exact) mass is 273 g/mol. The summed E-state index contributed by atoms with van der Waals surface area (Å²) in [5, 5.41) is 21.2. The Balaban J connectivity index is 2.52. The summed E-state index contributed by atoms with van der Waals surface area (Å²) in [6, 6.07) is 0. The van der Waals surface area contributed by atoms with Crippen molar-refractivity contribution in [3.8, 4) is 0 Å². The third-order valence-electron chi connectivity index (χ3n) is 3.76. The second kappa shape index (κ2) is 7.45. The fraction of sp³-hybridized carbons (Fsp3) is 0.846. The van der Waals surface area contributed by atoms with Gasteiger partial charge in [-0.05, 0) is 18.8 Å². The van der Waals surface area contributed by atoms with Crippen LogP contribution in [0.25, 0.3) is 0 Å². The first-order chi connectivity index (χ1) is 8.99. The number of amides is 1. The summed E-state index contributed by atoms with van der Waals surface area (Å²) in [6.07, 6.45) is 1.30. The number of hydrogen-bond donors (Lipinski definition) is 3. The van der Waals surface area contributed by atoms with Crippen LogP contribution in [0.2, 0.25) is 0 Å².